The molecule has 0 unspecified atom stereocenters. The summed E-state index contributed by atoms with van der Waals surface area (Å²) in [4.78, 5) is 22.6. The highest BCUT2D eigenvalue weighted by Crippen LogP contribution is 2.25. The molecule has 2 heterocycles. The minimum Gasteiger partial charge on any atom is -0.497 e. The van der Waals surface area contributed by atoms with Crippen molar-refractivity contribution in [2.75, 3.05) is 38.2 Å². The van der Waals surface area contributed by atoms with Crippen molar-refractivity contribution in [1.29, 1.82) is 0 Å². The molecule has 0 bridgehead atoms. The van der Waals surface area contributed by atoms with E-state index in [1.54, 1.807) is 7.11 Å². The average molecular weight is 404 g/mol. The van der Waals surface area contributed by atoms with Crippen LogP contribution in [0.25, 0.3) is 10.9 Å². The fraction of sp³-hybridized carbons (Fsp3) is 0.360. The van der Waals surface area contributed by atoms with Gasteiger partial charge in [0.1, 0.15) is 5.75 Å². The van der Waals surface area contributed by atoms with E-state index in [0.717, 1.165) is 54.0 Å². The number of para-hydroxylation sites is 1. The Balaban J connectivity index is 1.57. The molecule has 2 aromatic carbocycles. The zero-order chi connectivity index (χ0) is 21.1. The van der Waals surface area contributed by atoms with Crippen molar-refractivity contribution in [3.63, 3.8) is 0 Å². The molecule has 1 aliphatic rings. The van der Waals surface area contributed by atoms with Crippen molar-refractivity contribution in [2.45, 2.75) is 26.2 Å². The summed E-state index contributed by atoms with van der Waals surface area (Å²) < 4.78 is 5.26. The van der Waals surface area contributed by atoms with Crippen molar-refractivity contribution in [3.05, 3.63) is 65.9 Å². The van der Waals surface area contributed by atoms with Gasteiger partial charge in [0.05, 0.1) is 18.2 Å². The van der Waals surface area contributed by atoms with Gasteiger partial charge in [-0.3, -0.25) is 9.78 Å². The molecule has 4 rings (SSSR count). The summed E-state index contributed by atoms with van der Waals surface area (Å²) in [7, 11) is 1.68. The number of benzene rings is 2. The van der Waals surface area contributed by atoms with E-state index < -0.39 is 0 Å². The number of anilines is 1. The number of methoxy groups -OCH3 is 1. The van der Waals surface area contributed by atoms with Crippen molar-refractivity contribution in [3.8, 4) is 5.75 Å². The average Bonchev–Trinajstić information content (AvgIpc) is 3.04. The first-order chi connectivity index (χ1) is 14.6. The Morgan fingerprint density at radius 3 is 2.50 bits per heavy atom. The summed E-state index contributed by atoms with van der Waals surface area (Å²) in [6.07, 6.45) is 0.942. The third-order valence-corrected chi connectivity index (χ3v) is 5.78. The second-order valence-corrected chi connectivity index (χ2v) is 8.10. The maximum atomic E-state index is 13.5. The number of aromatic nitrogens is 1. The van der Waals surface area contributed by atoms with Crippen molar-refractivity contribution < 1.29 is 9.53 Å². The van der Waals surface area contributed by atoms with Gasteiger partial charge in [-0.2, -0.15) is 0 Å². The molecule has 30 heavy (non-hydrogen) atoms. The number of pyridine rings is 1. The molecule has 0 radical (unpaired) electrons. The van der Waals surface area contributed by atoms with Gasteiger partial charge in [0.15, 0.2) is 0 Å². The molecule has 156 valence electrons. The van der Waals surface area contributed by atoms with Crippen LogP contribution in [0.5, 0.6) is 5.75 Å². The lowest BCUT2D eigenvalue weighted by Gasteiger charge is -2.24. The van der Waals surface area contributed by atoms with Crippen LogP contribution >= 0.6 is 0 Å². The van der Waals surface area contributed by atoms with Crippen LogP contribution in [-0.4, -0.2) is 49.1 Å². The molecule has 1 fully saturated rings. The second kappa shape index (κ2) is 8.74. The third-order valence-electron chi connectivity index (χ3n) is 5.78. The minimum absolute atomic E-state index is 0.104. The molecule has 0 N–H and O–H groups in total. The van der Waals surface area contributed by atoms with Gasteiger partial charge < -0.3 is 14.5 Å². The van der Waals surface area contributed by atoms with E-state index in [9.17, 15) is 4.79 Å². The molecule has 1 aromatic heterocycles. The van der Waals surface area contributed by atoms with Crippen LogP contribution in [0.2, 0.25) is 0 Å². The third kappa shape index (κ3) is 4.11. The highest BCUT2D eigenvalue weighted by Gasteiger charge is 2.23. The quantitative estimate of drug-likeness (QED) is 0.632. The van der Waals surface area contributed by atoms with Crippen LogP contribution in [0.15, 0.2) is 54.6 Å². The Bertz CT molecular complexity index is 1030. The van der Waals surface area contributed by atoms with Gasteiger partial charge in [0.2, 0.25) is 0 Å². The molecule has 1 amide bonds. The van der Waals surface area contributed by atoms with Gasteiger partial charge in [-0.1, -0.05) is 32.0 Å². The van der Waals surface area contributed by atoms with Crippen LogP contribution in [-0.2, 0) is 0 Å². The Hall–Kier alpha value is -3.08. The number of hydrogen-bond donors (Lipinski definition) is 0. The first kappa shape index (κ1) is 20.2. The number of carbonyl (C=O) groups excluding carboxylic acids is 1. The lowest BCUT2D eigenvalue weighted by atomic mass is 10.0. The predicted molar refractivity (Wildman–Crippen MR) is 122 cm³/mol. The van der Waals surface area contributed by atoms with Crippen molar-refractivity contribution in [1.82, 2.24) is 9.88 Å². The van der Waals surface area contributed by atoms with Gasteiger partial charge in [0, 0.05) is 42.9 Å². The standard InChI is InChI=1S/C25H29N3O2/c1-18(2)24-17-22(21-7-4-5-8-23(21)26-24)25(29)28-14-6-13-27(15-16-28)19-9-11-20(30-3)12-10-19/h4-5,7-12,17-18H,6,13-16H2,1-3H3. The fourth-order valence-electron chi connectivity index (χ4n) is 4.01. The summed E-state index contributed by atoms with van der Waals surface area (Å²) in [5.41, 5.74) is 3.79. The van der Waals surface area contributed by atoms with Gasteiger partial charge >= 0.3 is 0 Å². The smallest absolute Gasteiger partial charge is 0.254 e. The van der Waals surface area contributed by atoms with E-state index >= 15 is 0 Å². The van der Waals surface area contributed by atoms with E-state index in [1.165, 1.54) is 5.69 Å². The molecule has 5 nitrogen and oxygen atoms in total. The van der Waals surface area contributed by atoms with E-state index in [-0.39, 0.29) is 11.8 Å². The Morgan fingerprint density at radius 1 is 1.00 bits per heavy atom. The SMILES string of the molecule is COc1ccc(N2CCCN(C(=O)c3cc(C(C)C)nc4ccccc34)CC2)cc1. The topological polar surface area (TPSA) is 45.7 Å². The maximum absolute atomic E-state index is 13.5. The van der Waals surface area contributed by atoms with Crippen LogP contribution < -0.4 is 9.64 Å². The van der Waals surface area contributed by atoms with Gasteiger partial charge in [-0.05, 0) is 48.7 Å². The van der Waals surface area contributed by atoms with Crippen LogP contribution in [0.4, 0.5) is 5.69 Å². The predicted octanol–water partition coefficient (Wildman–Crippen LogP) is 4.72. The Kier molecular flexibility index (Phi) is 5.88. The molecule has 0 spiro atoms. The van der Waals surface area contributed by atoms with E-state index in [1.807, 2.05) is 47.4 Å². The van der Waals surface area contributed by atoms with E-state index in [4.69, 9.17) is 9.72 Å². The Labute approximate surface area is 178 Å². The molecule has 5 heteroatoms. The number of nitrogens with zero attached hydrogens (tertiary/aromatic N) is 3. The zero-order valence-electron chi connectivity index (χ0n) is 18.0. The van der Waals surface area contributed by atoms with Crippen LogP contribution in [0, 0.1) is 0 Å². The van der Waals surface area contributed by atoms with Gasteiger partial charge in [0.25, 0.3) is 5.91 Å². The van der Waals surface area contributed by atoms with E-state index in [2.05, 4.69) is 30.9 Å². The lowest BCUT2D eigenvalue weighted by molar-refractivity contribution is 0.0769. The zero-order valence-corrected chi connectivity index (χ0v) is 18.0. The van der Waals surface area contributed by atoms with Crippen molar-refractivity contribution >= 4 is 22.5 Å². The number of rotatable bonds is 4. The van der Waals surface area contributed by atoms with Gasteiger partial charge in [-0.15, -0.1) is 0 Å². The van der Waals surface area contributed by atoms with E-state index in [0.29, 0.717) is 6.54 Å². The summed E-state index contributed by atoms with van der Waals surface area (Å²) in [5.74, 6) is 1.24. The number of hydrogen-bond acceptors (Lipinski definition) is 4. The molecule has 0 atom stereocenters. The Morgan fingerprint density at radius 2 is 1.77 bits per heavy atom. The van der Waals surface area contributed by atoms with Crippen LogP contribution in [0.1, 0.15) is 42.2 Å². The maximum Gasteiger partial charge on any atom is 0.254 e. The normalized spacial score (nSPS) is 14.8. The summed E-state index contributed by atoms with van der Waals surface area (Å²) >= 11 is 0. The molecule has 1 aliphatic heterocycles. The summed E-state index contributed by atoms with van der Waals surface area (Å²) in [6, 6.07) is 18.1. The minimum atomic E-state index is 0.104. The highest BCUT2D eigenvalue weighted by molar-refractivity contribution is 6.06. The molecular formula is C25H29N3O2. The summed E-state index contributed by atoms with van der Waals surface area (Å²) in [5, 5.41) is 0.933. The summed E-state index contributed by atoms with van der Waals surface area (Å²) in [6.45, 7) is 7.45. The van der Waals surface area contributed by atoms with Crippen molar-refractivity contribution in [2.24, 2.45) is 0 Å². The number of amides is 1. The fourth-order valence-corrected chi connectivity index (χ4v) is 4.01. The second-order valence-electron chi connectivity index (χ2n) is 8.10. The molecule has 0 saturated carbocycles. The molecule has 3 aromatic rings. The monoisotopic (exact) mass is 403 g/mol. The number of fused-ring (bicyclic) bond motifs is 1. The highest BCUT2D eigenvalue weighted by atomic mass is 16.5. The largest absolute Gasteiger partial charge is 0.497 e. The molecule has 0 aliphatic carbocycles. The first-order valence-electron chi connectivity index (χ1n) is 10.6. The first-order valence-corrected chi connectivity index (χ1v) is 10.6. The number of ether oxygens (including phenoxy) is 1. The molecule has 1 saturated heterocycles. The van der Waals surface area contributed by atoms with Crippen LogP contribution in [0.3, 0.4) is 0 Å². The lowest BCUT2D eigenvalue weighted by Crippen LogP contribution is -2.35. The number of carbonyl (C=O) groups is 1. The van der Waals surface area contributed by atoms with Gasteiger partial charge in [-0.25, -0.2) is 0 Å². The molecular weight excluding hydrogens is 374 g/mol.